The van der Waals surface area contributed by atoms with Crippen molar-refractivity contribution < 1.29 is 27.9 Å². The number of aliphatic hydroxyl groups is 1. The van der Waals surface area contributed by atoms with E-state index in [0.717, 1.165) is 0 Å². The summed E-state index contributed by atoms with van der Waals surface area (Å²) in [6, 6.07) is 12.8. The fourth-order valence-corrected chi connectivity index (χ4v) is 5.41. The van der Waals surface area contributed by atoms with Gasteiger partial charge < -0.3 is 29.5 Å². The van der Waals surface area contributed by atoms with Crippen molar-refractivity contribution >= 4 is 33.3 Å². The number of likely N-dealkylation sites (N-methyl/N-ethyl adjacent to an activating group) is 1. The van der Waals surface area contributed by atoms with Crippen molar-refractivity contribution in [3.05, 3.63) is 66.6 Å². The minimum Gasteiger partial charge on any atom is -0.485 e. The topological polar surface area (TPSA) is 146 Å². The van der Waals surface area contributed by atoms with Gasteiger partial charge in [0.25, 0.3) is 15.9 Å². The van der Waals surface area contributed by atoms with Gasteiger partial charge in [0.05, 0.1) is 36.8 Å². The van der Waals surface area contributed by atoms with Crippen LogP contribution in [0, 0.1) is 5.92 Å². The smallest absolute Gasteiger partial charge is 0.321 e. The SMILES string of the molecule is C[C@H]1CN([C@@H](C)CO)C(=O)c2cccc(NS(=O)(=O)c3cn(C)cn3)c2O[C@H]1CN(C)C(=O)Nc1ccccc1. The van der Waals surface area contributed by atoms with Crippen LogP contribution in [0.1, 0.15) is 24.2 Å². The molecule has 2 aromatic carbocycles. The second-order valence-corrected chi connectivity index (χ2v) is 11.6. The molecule has 4 rings (SSSR count). The molecule has 0 spiro atoms. The van der Waals surface area contributed by atoms with E-state index in [-0.39, 0.29) is 53.7 Å². The average Bonchev–Trinajstić information content (AvgIpc) is 3.38. The van der Waals surface area contributed by atoms with E-state index in [1.165, 1.54) is 28.1 Å². The summed E-state index contributed by atoms with van der Waals surface area (Å²) in [5.41, 5.74) is 0.828. The summed E-state index contributed by atoms with van der Waals surface area (Å²) in [6.45, 7) is 3.74. The molecule has 12 nitrogen and oxygen atoms in total. The Morgan fingerprint density at radius 2 is 1.95 bits per heavy atom. The van der Waals surface area contributed by atoms with Crippen molar-refractivity contribution in [1.82, 2.24) is 19.4 Å². The van der Waals surface area contributed by atoms with E-state index in [1.54, 1.807) is 50.2 Å². The number of hydrogen-bond acceptors (Lipinski definition) is 7. The van der Waals surface area contributed by atoms with Gasteiger partial charge in [0, 0.05) is 38.4 Å². The molecule has 3 aromatic rings. The number of hydrogen-bond donors (Lipinski definition) is 3. The van der Waals surface area contributed by atoms with Gasteiger partial charge in [-0.25, -0.2) is 9.78 Å². The zero-order chi connectivity index (χ0) is 29.0. The number of benzene rings is 2. The summed E-state index contributed by atoms with van der Waals surface area (Å²) in [5, 5.41) is 12.5. The monoisotopic (exact) mass is 570 g/mol. The van der Waals surface area contributed by atoms with Gasteiger partial charge in [0.15, 0.2) is 10.8 Å². The van der Waals surface area contributed by atoms with Crippen LogP contribution < -0.4 is 14.8 Å². The number of imidazole rings is 1. The van der Waals surface area contributed by atoms with E-state index >= 15 is 0 Å². The Kier molecular flexibility index (Phi) is 8.64. The third-order valence-electron chi connectivity index (χ3n) is 6.72. The number of aliphatic hydroxyl groups excluding tert-OH is 1. The highest BCUT2D eigenvalue weighted by Gasteiger charge is 2.35. The normalized spacial score (nSPS) is 18.1. The maximum absolute atomic E-state index is 13.6. The Morgan fingerprint density at radius 3 is 2.60 bits per heavy atom. The summed E-state index contributed by atoms with van der Waals surface area (Å²) in [4.78, 5) is 33.5. The van der Waals surface area contributed by atoms with Crippen molar-refractivity contribution in [3.8, 4) is 5.75 Å². The molecule has 1 aromatic heterocycles. The molecule has 3 amide bonds. The van der Waals surface area contributed by atoms with E-state index in [4.69, 9.17) is 4.74 Å². The predicted molar refractivity (Wildman–Crippen MR) is 150 cm³/mol. The number of rotatable bonds is 8. The van der Waals surface area contributed by atoms with Gasteiger partial charge in [-0.2, -0.15) is 8.42 Å². The quantitative estimate of drug-likeness (QED) is 0.377. The molecule has 3 N–H and O–H groups in total. The number of carbonyl (C=O) groups excluding carboxylic acids is 2. The summed E-state index contributed by atoms with van der Waals surface area (Å²) >= 11 is 0. The highest BCUT2D eigenvalue weighted by Crippen LogP contribution is 2.36. The summed E-state index contributed by atoms with van der Waals surface area (Å²) in [6.07, 6.45) is 2.09. The van der Waals surface area contributed by atoms with E-state index in [1.807, 2.05) is 25.1 Å². The molecule has 0 unspecified atom stereocenters. The second kappa shape index (κ2) is 12.0. The molecule has 0 fully saturated rings. The van der Waals surface area contributed by atoms with Crippen molar-refractivity contribution in [2.75, 3.05) is 36.8 Å². The van der Waals surface area contributed by atoms with Crippen molar-refractivity contribution in [2.24, 2.45) is 13.0 Å². The molecule has 0 saturated heterocycles. The van der Waals surface area contributed by atoms with Crippen molar-refractivity contribution in [1.29, 1.82) is 0 Å². The van der Waals surface area contributed by atoms with Crippen LogP contribution in [-0.4, -0.2) is 83.7 Å². The number of urea groups is 1. The van der Waals surface area contributed by atoms with E-state index in [0.29, 0.717) is 5.69 Å². The van der Waals surface area contributed by atoms with Crippen molar-refractivity contribution in [3.63, 3.8) is 0 Å². The molecule has 214 valence electrons. The molecule has 0 radical (unpaired) electrons. The number of anilines is 2. The first-order chi connectivity index (χ1) is 19.0. The lowest BCUT2D eigenvalue weighted by Gasteiger charge is -2.38. The predicted octanol–water partition coefficient (Wildman–Crippen LogP) is 2.60. The standard InChI is InChI=1S/C27H34N6O6S/c1-18-13-33(19(2)16-34)26(35)21-11-8-12-22(30-40(37,38)24-15-31(3)17-28-24)25(21)39-23(18)14-32(4)27(36)29-20-9-6-5-7-10-20/h5-12,15,17-19,23,30,34H,13-14,16H2,1-4H3,(H,29,36)/t18-,19-,23-/m0/s1. The first-order valence-electron chi connectivity index (χ1n) is 12.8. The molecule has 2 heterocycles. The zero-order valence-corrected chi connectivity index (χ0v) is 23.6. The van der Waals surface area contributed by atoms with Crippen LogP contribution in [0.15, 0.2) is 66.1 Å². The third kappa shape index (κ3) is 6.37. The number of para-hydroxylation sites is 2. The van der Waals surface area contributed by atoms with Gasteiger partial charge in [0.1, 0.15) is 6.10 Å². The largest absolute Gasteiger partial charge is 0.485 e. The number of fused-ring (bicyclic) bond motifs is 1. The van der Waals surface area contributed by atoms with Crippen LogP contribution in [-0.2, 0) is 17.1 Å². The Bertz CT molecular complexity index is 1460. The molecular weight excluding hydrogens is 536 g/mol. The van der Waals surface area contributed by atoms with Crippen LogP contribution in [0.4, 0.5) is 16.2 Å². The van der Waals surface area contributed by atoms with Crippen LogP contribution in [0.25, 0.3) is 0 Å². The van der Waals surface area contributed by atoms with Gasteiger partial charge >= 0.3 is 6.03 Å². The molecular formula is C27H34N6O6S. The Hall–Kier alpha value is -4.10. The Morgan fingerprint density at radius 1 is 1.23 bits per heavy atom. The van der Waals surface area contributed by atoms with Gasteiger partial charge in [-0.3, -0.25) is 9.52 Å². The fraction of sp³-hybridized carbons (Fsp3) is 0.370. The Balaban J connectivity index is 1.69. The molecule has 0 saturated carbocycles. The van der Waals surface area contributed by atoms with Gasteiger partial charge in [-0.05, 0) is 31.2 Å². The van der Waals surface area contributed by atoms with Crippen LogP contribution in [0.3, 0.4) is 0 Å². The minimum absolute atomic E-state index is 0.0376. The fourth-order valence-electron chi connectivity index (χ4n) is 4.36. The Labute approximate surface area is 233 Å². The molecule has 1 aliphatic rings. The maximum atomic E-state index is 13.6. The average molecular weight is 571 g/mol. The number of sulfonamides is 1. The first-order valence-corrected chi connectivity index (χ1v) is 14.3. The van der Waals surface area contributed by atoms with E-state index in [2.05, 4.69) is 15.0 Å². The molecule has 1 aliphatic heterocycles. The first kappa shape index (κ1) is 28.9. The highest BCUT2D eigenvalue weighted by molar-refractivity contribution is 7.92. The van der Waals surface area contributed by atoms with Gasteiger partial charge in [0.2, 0.25) is 0 Å². The van der Waals surface area contributed by atoms with Gasteiger partial charge in [-0.1, -0.05) is 31.2 Å². The van der Waals surface area contributed by atoms with Crippen LogP contribution in [0.5, 0.6) is 5.75 Å². The summed E-state index contributed by atoms with van der Waals surface area (Å²) in [5.74, 6) is -0.662. The highest BCUT2D eigenvalue weighted by atomic mass is 32.2. The van der Waals surface area contributed by atoms with Crippen LogP contribution in [0.2, 0.25) is 0 Å². The summed E-state index contributed by atoms with van der Waals surface area (Å²) in [7, 11) is -0.823. The number of ether oxygens (including phenoxy) is 1. The second-order valence-electron chi connectivity index (χ2n) is 9.96. The minimum atomic E-state index is -4.10. The lowest BCUT2D eigenvalue weighted by molar-refractivity contribution is 0.0373. The number of aryl methyl sites for hydroxylation is 1. The zero-order valence-electron chi connectivity index (χ0n) is 22.8. The molecule has 40 heavy (non-hydrogen) atoms. The number of aromatic nitrogens is 2. The number of nitrogens with one attached hydrogen (secondary N) is 2. The third-order valence-corrected chi connectivity index (χ3v) is 7.97. The lowest BCUT2D eigenvalue weighted by Crippen LogP contribution is -2.50. The van der Waals surface area contributed by atoms with E-state index in [9.17, 15) is 23.1 Å². The lowest BCUT2D eigenvalue weighted by atomic mass is 9.99. The number of nitrogens with zero attached hydrogens (tertiary/aromatic N) is 4. The van der Waals surface area contributed by atoms with Crippen LogP contribution >= 0.6 is 0 Å². The molecule has 13 heteroatoms. The number of carbonyl (C=O) groups is 2. The molecule has 0 aliphatic carbocycles. The van der Waals surface area contributed by atoms with Gasteiger partial charge in [-0.15, -0.1) is 0 Å². The maximum Gasteiger partial charge on any atom is 0.321 e. The molecule has 3 atom stereocenters. The van der Waals surface area contributed by atoms with Crippen molar-refractivity contribution in [2.45, 2.75) is 31.0 Å². The van der Waals surface area contributed by atoms with E-state index < -0.39 is 28.1 Å². The number of amides is 3. The summed E-state index contributed by atoms with van der Waals surface area (Å²) < 4.78 is 36.6. The molecule has 0 bridgehead atoms.